The van der Waals surface area contributed by atoms with Crippen molar-refractivity contribution in [3.63, 3.8) is 0 Å². The Bertz CT molecular complexity index is 653. The largest absolute Gasteiger partial charge is 0.490 e. The summed E-state index contributed by atoms with van der Waals surface area (Å²) in [5.74, 6) is -1.22. The van der Waals surface area contributed by atoms with Crippen molar-refractivity contribution in [1.29, 1.82) is 0 Å². The number of carbonyl (C=O) groups excluding carboxylic acids is 2. The first-order valence-electron chi connectivity index (χ1n) is 8.36. The topological polar surface area (TPSA) is 89.0 Å². The van der Waals surface area contributed by atoms with E-state index in [1.807, 2.05) is 6.92 Å². The van der Waals surface area contributed by atoms with Gasteiger partial charge in [0.1, 0.15) is 0 Å². The highest BCUT2D eigenvalue weighted by atomic mass is 35.5. The Morgan fingerprint density at radius 2 is 2.08 bits per heavy atom. The van der Waals surface area contributed by atoms with E-state index in [9.17, 15) is 9.59 Å². The Balaban J connectivity index is 1.84. The summed E-state index contributed by atoms with van der Waals surface area (Å²) in [6, 6.07) is 3.21. The van der Waals surface area contributed by atoms with Gasteiger partial charge in [0.15, 0.2) is 5.75 Å². The molecular weight excluding hydrogens is 381 g/mol. The van der Waals surface area contributed by atoms with Crippen LogP contribution in [0.15, 0.2) is 17.2 Å². The van der Waals surface area contributed by atoms with Crippen molar-refractivity contribution in [2.45, 2.75) is 32.3 Å². The molecule has 0 bridgehead atoms. The molecule has 1 atom stereocenters. The van der Waals surface area contributed by atoms with Crippen molar-refractivity contribution >= 4 is 41.2 Å². The molecular formula is C17H21Cl2N3O4. The molecule has 0 aromatic heterocycles. The van der Waals surface area contributed by atoms with Gasteiger partial charge in [0.05, 0.1) is 29.0 Å². The zero-order valence-electron chi connectivity index (χ0n) is 14.4. The van der Waals surface area contributed by atoms with Crippen LogP contribution in [0.25, 0.3) is 0 Å². The quantitative estimate of drug-likeness (QED) is 0.417. The van der Waals surface area contributed by atoms with E-state index in [0.717, 1.165) is 19.3 Å². The Morgan fingerprint density at radius 3 is 2.69 bits per heavy atom. The molecule has 1 heterocycles. The van der Waals surface area contributed by atoms with Crippen LogP contribution in [0.5, 0.6) is 5.75 Å². The second-order valence-corrected chi connectivity index (χ2v) is 6.52. The molecule has 7 nitrogen and oxygen atoms in total. The van der Waals surface area contributed by atoms with E-state index in [2.05, 4.69) is 15.8 Å². The molecule has 26 heavy (non-hydrogen) atoms. The van der Waals surface area contributed by atoms with Gasteiger partial charge in [-0.3, -0.25) is 9.59 Å². The van der Waals surface area contributed by atoms with Crippen molar-refractivity contribution in [1.82, 2.24) is 10.7 Å². The number of benzene rings is 1. The number of hydrogen-bond acceptors (Lipinski definition) is 5. The van der Waals surface area contributed by atoms with E-state index < -0.39 is 11.8 Å². The van der Waals surface area contributed by atoms with Gasteiger partial charge in [-0.1, -0.05) is 30.1 Å². The molecule has 0 saturated carbocycles. The van der Waals surface area contributed by atoms with Gasteiger partial charge in [-0.15, -0.1) is 0 Å². The number of rotatable bonds is 7. The molecule has 1 aromatic carbocycles. The van der Waals surface area contributed by atoms with Gasteiger partial charge in [0, 0.05) is 13.2 Å². The van der Waals surface area contributed by atoms with Gasteiger partial charge in [-0.05, 0) is 37.0 Å². The Hall–Kier alpha value is -1.83. The fourth-order valence-corrected chi connectivity index (χ4v) is 2.92. The van der Waals surface area contributed by atoms with Gasteiger partial charge < -0.3 is 14.8 Å². The summed E-state index contributed by atoms with van der Waals surface area (Å²) in [5, 5.41) is 6.93. The molecule has 1 aliphatic heterocycles. The van der Waals surface area contributed by atoms with Crippen LogP contribution in [-0.2, 0) is 14.3 Å². The SMILES string of the molecule is CCCOc1c(Cl)cc(/C=N\NC(=O)C(=O)NC[C@H]2CCCO2)cc1Cl. The summed E-state index contributed by atoms with van der Waals surface area (Å²) < 4.78 is 10.8. The van der Waals surface area contributed by atoms with Crippen LogP contribution in [0.1, 0.15) is 31.7 Å². The Morgan fingerprint density at radius 1 is 1.35 bits per heavy atom. The Labute approximate surface area is 162 Å². The number of nitrogens with one attached hydrogen (secondary N) is 2. The maximum Gasteiger partial charge on any atom is 0.329 e. The average molecular weight is 402 g/mol. The third kappa shape index (κ3) is 6.16. The lowest BCUT2D eigenvalue weighted by atomic mass is 10.2. The molecule has 142 valence electrons. The van der Waals surface area contributed by atoms with Crippen molar-refractivity contribution < 1.29 is 19.1 Å². The minimum absolute atomic E-state index is 0.0343. The third-order valence-electron chi connectivity index (χ3n) is 3.57. The highest BCUT2D eigenvalue weighted by molar-refractivity contribution is 6.37. The molecule has 1 fully saturated rings. The third-order valence-corrected chi connectivity index (χ3v) is 4.13. The number of amides is 2. The molecule has 0 aliphatic carbocycles. The molecule has 2 N–H and O–H groups in total. The summed E-state index contributed by atoms with van der Waals surface area (Å²) in [7, 11) is 0. The Kier molecular flexibility index (Phi) is 8.15. The summed E-state index contributed by atoms with van der Waals surface area (Å²) in [6.45, 7) is 3.47. The van der Waals surface area contributed by atoms with Gasteiger partial charge in [-0.2, -0.15) is 5.10 Å². The lowest BCUT2D eigenvalue weighted by Crippen LogP contribution is -2.41. The molecule has 2 rings (SSSR count). The molecule has 0 radical (unpaired) electrons. The van der Waals surface area contributed by atoms with E-state index in [1.165, 1.54) is 6.21 Å². The fraction of sp³-hybridized carbons (Fsp3) is 0.471. The van der Waals surface area contributed by atoms with Crippen molar-refractivity contribution in [2.24, 2.45) is 5.10 Å². The molecule has 0 unspecified atom stereocenters. The zero-order chi connectivity index (χ0) is 18.9. The number of hydrogen-bond donors (Lipinski definition) is 2. The van der Waals surface area contributed by atoms with Crippen LogP contribution in [0.3, 0.4) is 0 Å². The second kappa shape index (κ2) is 10.4. The highest BCUT2D eigenvalue weighted by Gasteiger charge is 2.19. The first kappa shape index (κ1) is 20.5. The van der Waals surface area contributed by atoms with Crippen molar-refractivity contribution in [3.05, 3.63) is 27.7 Å². The highest BCUT2D eigenvalue weighted by Crippen LogP contribution is 2.33. The molecule has 2 amide bonds. The summed E-state index contributed by atoms with van der Waals surface area (Å²) in [6.07, 6.45) is 3.97. The van der Waals surface area contributed by atoms with Crippen LogP contribution < -0.4 is 15.5 Å². The van der Waals surface area contributed by atoms with E-state index in [1.54, 1.807) is 12.1 Å². The summed E-state index contributed by atoms with van der Waals surface area (Å²) in [5.41, 5.74) is 2.71. The molecule has 9 heteroatoms. The monoisotopic (exact) mass is 401 g/mol. The predicted octanol–water partition coefficient (Wildman–Crippen LogP) is 2.53. The minimum atomic E-state index is -0.862. The smallest absolute Gasteiger partial charge is 0.329 e. The van der Waals surface area contributed by atoms with Crippen LogP contribution in [0, 0.1) is 0 Å². The standard InChI is InChI=1S/C17H21Cl2N3O4/c1-2-5-26-15-13(18)7-11(8-14(15)19)9-21-22-17(24)16(23)20-10-12-4-3-6-25-12/h7-9,12H,2-6,10H2,1H3,(H,20,23)(H,22,24)/b21-9-/t12-/m1/s1. The second-order valence-electron chi connectivity index (χ2n) is 5.71. The number of carbonyl (C=O) groups is 2. The fourth-order valence-electron chi connectivity index (χ4n) is 2.30. The van der Waals surface area contributed by atoms with Crippen molar-refractivity contribution in [3.8, 4) is 5.75 Å². The lowest BCUT2D eigenvalue weighted by Gasteiger charge is -2.10. The summed E-state index contributed by atoms with van der Waals surface area (Å²) in [4.78, 5) is 23.4. The van der Waals surface area contributed by atoms with Crippen LogP contribution >= 0.6 is 23.2 Å². The number of ether oxygens (including phenoxy) is 2. The van der Waals surface area contributed by atoms with E-state index in [0.29, 0.717) is 41.1 Å². The number of hydrazone groups is 1. The molecule has 1 aromatic rings. The van der Waals surface area contributed by atoms with E-state index in [-0.39, 0.29) is 6.10 Å². The van der Waals surface area contributed by atoms with Crippen LogP contribution in [0.4, 0.5) is 0 Å². The van der Waals surface area contributed by atoms with Gasteiger partial charge in [-0.25, -0.2) is 5.43 Å². The number of halogens is 2. The number of nitrogens with zero attached hydrogens (tertiary/aromatic N) is 1. The molecule has 1 saturated heterocycles. The van der Waals surface area contributed by atoms with Gasteiger partial charge >= 0.3 is 11.8 Å². The van der Waals surface area contributed by atoms with Gasteiger partial charge in [0.2, 0.25) is 0 Å². The molecule has 0 spiro atoms. The summed E-state index contributed by atoms with van der Waals surface area (Å²) >= 11 is 12.3. The first-order chi connectivity index (χ1) is 12.5. The maximum atomic E-state index is 11.7. The maximum absolute atomic E-state index is 11.7. The first-order valence-corrected chi connectivity index (χ1v) is 9.11. The molecule has 1 aliphatic rings. The van der Waals surface area contributed by atoms with Gasteiger partial charge in [0.25, 0.3) is 0 Å². The van der Waals surface area contributed by atoms with Crippen LogP contribution in [0.2, 0.25) is 10.0 Å². The minimum Gasteiger partial charge on any atom is -0.490 e. The zero-order valence-corrected chi connectivity index (χ0v) is 15.9. The average Bonchev–Trinajstić information content (AvgIpc) is 3.12. The van der Waals surface area contributed by atoms with Crippen molar-refractivity contribution in [2.75, 3.05) is 19.8 Å². The van der Waals surface area contributed by atoms with Crippen LogP contribution in [-0.4, -0.2) is 43.9 Å². The predicted molar refractivity (Wildman–Crippen MR) is 100.0 cm³/mol. The van der Waals surface area contributed by atoms with E-state index in [4.69, 9.17) is 32.7 Å². The lowest BCUT2D eigenvalue weighted by molar-refractivity contribution is -0.139. The normalized spacial score (nSPS) is 16.7. The van der Waals surface area contributed by atoms with E-state index >= 15 is 0 Å².